The molecule has 11 heteroatoms. The maximum atomic E-state index is 11.5. The van der Waals surface area contributed by atoms with Crippen molar-refractivity contribution in [2.24, 2.45) is 5.92 Å². The molecule has 0 radical (unpaired) electrons. The van der Waals surface area contributed by atoms with Gasteiger partial charge in [-0.05, 0) is 41.5 Å². The molecule has 166 valence electrons. The molecule has 2 saturated heterocycles. The zero-order valence-corrected chi connectivity index (χ0v) is 18.9. The summed E-state index contributed by atoms with van der Waals surface area (Å²) in [4.78, 5) is 25.7. The van der Waals surface area contributed by atoms with E-state index in [0.717, 1.165) is 6.26 Å². The van der Waals surface area contributed by atoms with Crippen LogP contribution in [0.5, 0.6) is 0 Å². The van der Waals surface area contributed by atoms with Crippen molar-refractivity contribution in [3.8, 4) is 6.07 Å². The average Bonchev–Trinajstić information content (AvgIpc) is 2.36. The van der Waals surface area contributed by atoms with Crippen LogP contribution in [0.15, 0.2) is 0 Å². The van der Waals surface area contributed by atoms with E-state index in [1.807, 2.05) is 20.8 Å². The van der Waals surface area contributed by atoms with Crippen molar-refractivity contribution >= 4 is 22.3 Å². The minimum atomic E-state index is -3.45. The summed E-state index contributed by atoms with van der Waals surface area (Å²) < 4.78 is 36.5. The van der Waals surface area contributed by atoms with Gasteiger partial charge in [-0.2, -0.15) is 13.7 Å². The Morgan fingerprint density at radius 1 is 0.897 bits per heavy atom. The van der Waals surface area contributed by atoms with E-state index in [-0.39, 0.29) is 25.1 Å². The van der Waals surface area contributed by atoms with Gasteiger partial charge in [-0.3, -0.25) is 4.18 Å². The van der Waals surface area contributed by atoms with Crippen molar-refractivity contribution < 1.29 is 31.7 Å². The maximum Gasteiger partial charge on any atom is 0.410 e. The number of carbonyl (C=O) groups is 2. The first kappa shape index (κ1) is 25.0. The Hall–Kier alpha value is -2.06. The summed E-state index contributed by atoms with van der Waals surface area (Å²) in [5.74, 6) is -0.00693. The van der Waals surface area contributed by atoms with Gasteiger partial charge in [0.2, 0.25) is 0 Å². The van der Waals surface area contributed by atoms with Crippen LogP contribution in [0.3, 0.4) is 0 Å². The molecule has 0 N–H and O–H groups in total. The Morgan fingerprint density at radius 2 is 1.28 bits per heavy atom. The Kier molecular flexibility index (Phi) is 7.90. The highest BCUT2D eigenvalue weighted by molar-refractivity contribution is 7.86. The van der Waals surface area contributed by atoms with Crippen LogP contribution in [-0.2, 0) is 23.8 Å². The third kappa shape index (κ3) is 9.80. The van der Waals surface area contributed by atoms with Crippen LogP contribution in [0.4, 0.5) is 9.59 Å². The first-order chi connectivity index (χ1) is 13.0. The van der Waals surface area contributed by atoms with E-state index in [9.17, 15) is 18.0 Å². The number of hydrogen-bond donors (Lipinski definition) is 0. The van der Waals surface area contributed by atoms with Gasteiger partial charge in [0.1, 0.15) is 17.3 Å². The number of hydrogen-bond acceptors (Lipinski definition) is 8. The molecule has 29 heavy (non-hydrogen) atoms. The van der Waals surface area contributed by atoms with Crippen molar-refractivity contribution in [2.45, 2.75) is 58.8 Å². The summed E-state index contributed by atoms with van der Waals surface area (Å²) >= 11 is 0. The Bertz CT molecular complexity index is 735. The van der Waals surface area contributed by atoms with Crippen LogP contribution < -0.4 is 0 Å². The van der Waals surface area contributed by atoms with E-state index in [4.69, 9.17) is 18.9 Å². The van der Waals surface area contributed by atoms with Crippen LogP contribution in [0, 0.1) is 17.2 Å². The summed E-state index contributed by atoms with van der Waals surface area (Å²) in [6.07, 6.45) is -0.217. The van der Waals surface area contributed by atoms with Crippen LogP contribution in [-0.4, -0.2) is 80.1 Å². The molecule has 2 heterocycles. The first-order valence-electron chi connectivity index (χ1n) is 9.23. The van der Waals surface area contributed by atoms with Crippen molar-refractivity contribution in [1.29, 1.82) is 5.26 Å². The van der Waals surface area contributed by atoms with Crippen LogP contribution in [0.1, 0.15) is 41.5 Å². The number of likely N-dealkylation sites (tertiary alicyclic amines) is 2. The van der Waals surface area contributed by atoms with E-state index >= 15 is 0 Å². The van der Waals surface area contributed by atoms with Gasteiger partial charge in [-0.25, -0.2) is 9.59 Å². The van der Waals surface area contributed by atoms with Crippen molar-refractivity contribution in [2.75, 3.05) is 32.4 Å². The van der Waals surface area contributed by atoms with Crippen molar-refractivity contribution in [3.05, 3.63) is 0 Å². The summed E-state index contributed by atoms with van der Waals surface area (Å²) in [6, 6.07) is 2.10. The van der Waals surface area contributed by atoms with Crippen LogP contribution in [0.2, 0.25) is 0 Å². The lowest BCUT2D eigenvalue weighted by atomic mass is 10.0. The minimum Gasteiger partial charge on any atom is -0.444 e. The molecule has 0 atom stereocenters. The summed E-state index contributed by atoms with van der Waals surface area (Å²) in [5, 5.41) is 8.49. The fourth-order valence-electron chi connectivity index (χ4n) is 2.26. The minimum absolute atomic E-state index is 0.00693. The van der Waals surface area contributed by atoms with Gasteiger partial charge in [0.25, 0.3) is 10.1 Å². The predicted octanol–water partition coefficient (Wildman–Crippen LogP) is 1.96. The van der Waals surface area contributed by atoms with Gasteiger partial charge in [0, 0.05) is 13.1 Å². The Morgan fingerprint density at radius 3 is 1.59 bits per heavy atom. The molecule has 2 aliphatic heterocycles. The van der Waals surface area contributed by atoms with E-state index in [0.29, 0.717) is 13.1 Å². The largest absolute Gasteiger partial charge is 0.444 e. The number of amides is 2. The fraction of sp³-hybridized carbons (Fsp3) is 0.833. The topological polar surface area (TPSA) is 126 Å². The molecule has 0 bridgehead atoms. The normalized spacial score (nSPS) is 17.9. The molecule has 0 aromatic carbocycles. The lowest BCUT2D eigenvalue weighted by molar-refractivity contribution is -0.0204. The lowest BCUT2D eigenvalue weighted by Crippen LogP contribution is -2.56. The average molecular weight is 434 g/mol. The number of ether oxygens (including phenoxy) is 2. The lowest BCUT2D eigenvalue weighted by Gasteiger charge is -2.38. The second-order valence-electron chi connectivity index (χ2n) is 9.02. The van der Waals surface area contributed by atoms with Gasteiger partial charge in [0.05, 0.1) is 31.3 Å². The molecular weight excluding hydrogens is 402 g/mol. The molecule has 2 amide bonds. The highest BCUT2D eigenvalue weighted by atomic mass is 32.2. The van der Waals surface area contributed by atoms with E-state index in [1.54, 1.807) is 25.7 Å². The highest BCUT2D eigenvalue weighted by Crippen LogP contribution is 2.19. The molecule has 2 fully saturated rings. The summed E-state index contributed by atoms with van der Waals surface area (Å²) in [7, 11) is -3.45. The first-order valence-corrected chi connectivity index (χ1v) is 11.0. The molecule has 0 spiro atoms. The van der Waals surface area contributed by atoms with E-state index in [1.165, 1.54) is 4.90 Å². The standard InChI is InChI=1S/C9H14N2O2.C9H17NO5S/c1-9(2,3)13-8(12)11-5-7(4-10)6-11;1-9(2,3)14-8(11)10-5-7(6-10)15-16(4,12)13/h7H,5-6H2,1-3H3;7H,5-6H2,1-4H3. The fourth-order valence-corrected chi connectivity index (χ4v) is 2.87. The Balaban J connectivity index is 0.000000296. The number of rotatable bonds is 2. The third-order valence-electron chi connectivity index (χ3n) is 3.53. The van der Waals surface area contributed by atoms with Gasteiger partial charge >= 0.3 is 12.2 Å². The number of nitriles is 1. The highest BCUT2D eigenvalue weighted by Gasteiger charge is 2.36. The monoisotopic (exact) mass is 433 g/mol. The molecule has 0 aromatic rings. The molecule has 0 aliphatic carbocycles. The molecule has 0 aromatic heterocycles. The maximum absolute atomic E-state index is 11.5. The summed E-state index contributed by atoms with van der Waals surface area (Å²) in [6.45, 7) is 12.3. The smallest absolute Gasteiger partial charge is 0.410 e. The second kappa shape index (κ2) is 9.17. The van der Waals surface area contributed by atoms with Crippen molar-refractivity contribution in [3.63, 3.8) is 0 Å². The van der Waals surface area contributed by atoms with E-state index < -0.39 is 33.5 Å². The zero-order chi connectivity index (χ0) is 22.6. The predicted molar refractivity (Wildman–Crippen MR) is 104 cm³/mol. The van der Waals surface area contributed by atoms with E-state index in [2.05, 4.69) is 6.07 Å². The molecular formula is C18H31N3O7S. The van der Waals surface area contributed by atoms with Crippen molar-refractivity contribution in [1.82, 2.24) is 9.80 Å². The van der Waals surface area contributed by atoms with Gasteiger partial charge in [-0.15, -0.1) is 0 Å². The molecule has 2 rings (SSSR count). The number of nitrogens with zero attached hydrogens (tertiary/aromatic N) is 3. The Labute approximate surface area is 172 Å². The third-order valence-corrected chi connectivity index (χ3v) is 4.15. The van der Waals surface area contributed by atoms with Gasteiger partial charge in [0.15, 0.2) is 0 Å². The quantitative estimate of drug-likeness (QED) is 0.605. The van der Waals surface area contributed by atoms with Crippen LogP contribution >= 0.6 is 0 Å². The SMILES string of the molecule is CC(C)(C)OC(=O)N1CC(C#N)C1.CC(C)(C)OC(=O)N1CC(OS(C)(=O)=O)C1. The number of carbonyl (C=O) groups excluding carboxylic acids is 2. The zero-order valence-electron chi connectivity index (χ0n) is 18.1. The molecule has 10 nitrogen and oxygen atoms in total. The van der Waals surface area contributed by atoms with Gasteiger partial charge in [-0.1, -0.05) is 0 Å². The molecule has 2 aliphatic rings. The second-order valence-corrected chi connectivity index (χ2v) is 10.6. The molecule has 0 saturated carbocycles. The summed E-state index contributed by atoms with van der Waals surface area (Å²) in [5.41, 5.74) is -0.991. The molecule has 0 unspecified atom stereocenters. The van der Waals surface area contributed by atoms with Crippen LogP contribution in [0.25, 0.3) is 0 Å². The van der Waals surface area contributed by atoms with Gasteiger partial charge < -0.3 is 19.3 Å².